The first kappa shape index (κ1) is 17.4. The van der Waals surface area contributed by atoms with Crippen LogP contribution in [0.4, 0.5) is 16.2 Å². The molecule has 0 aliphatic heterocycles. The molecule has 134 valence electrons. The van der Waals surface area contributed by atoms with Crippen LogP contribution in [0.5, 0.6) is 0 Å². The van der Waals surface area contributed by atoms with Crippen LogP contribution in [-0.2, 0) is 0 Å². The van der Waals surface area contributed by atoms with E-state index in [1.807, 2.05) is 59.3 Å². The summed E-state index contributed by atoms with van der Waals surface area (Å²) < 4.78 is 1.93. The fourth-order valence-electron chi connectivity index (χ4n) is 2.74. The number of carbonyl (C=O) groups is 1. The minimum atomic E-state index is -0.385. The fraction of sp³-hybridized carbons (Fsp3) is 0. The molecule has 0 radical (unpaired) electrons. The molecule has 0 bridgehead atoms. The third-order valence-electron chi connectivity index (χ3n) is 3.99. The number of imidazole rings is 1. The topological polar surface area (TPSA) is 58.4 Å². The van der Waals surface area contributed by atoms with Crippen molar-refractivity contribution in [2.45, 2.75) is 0 Å². The Balaban J connectivity index is 1.59. The lowest BCUT2D eigenvalue weighted by Crippen LogP contribution is -2.19. The van der Waals surface area contributed by atoms with Crippen LogP contribution >= 0.6 is 23.2 Å². The number of aromatic nitrogens is 2. The zero-order chi connectivity index (χ0) is 18.8. The number of fused-ring (bicyclic) bond motifs is 1. The van der Waals surface area contributed by atoms with Crippen LogP contribution in [0.1, 0.15) is 0 Å². The monoisotopic (exact) mass is 396 g/mol. The van der Waals surface area contributed by atoms with E-state index in [0.717, 1.165) is 16.9 Å². The second-order valence-electron chi connectivity index (χ2n) is 5.85. The maximum absolute atomic E-state index is 12.4. The van der Waals surface area contributed by atoms with Crippen molar-refractivity contribution in [3.05, 3.63) is 83.1 Å². The minimum absolute atomic E-state index is 0.375. The molecule has 0 atom stereocenters. The van der Waals surface area contributed by atoms with Crippen molar-refractivity contribution in [3.63, 3.8) is 0 Å². The van der Waals surface area contributed by atoms with Crippen LogP contribution in [0.25, 0.3) is 16.9 Å². The van der Waals surface area contributed by atoms with E-state index in [4.69, 9.17) is 23.2 Å². The highest BCUT2D eigenvalue weighted by Gasteiger charge is 2.12. The Bertz CT molecular complexity index is 1110. The van der Waals surface area contributed by atoms with Gasteiger partial charge in [-0.25, -0.2) is 9.78 Å². The average molecular weight is 397 g/mol. The van der Waals surface area contributed by atoms with E-state index in [1.165, 1.54) is 0 Å². The van der Waals surface area contributed by atoms with E-state index >= 15 is 0 Å². The molecule has 7 heteroatoms. The average Bonchev–Trinajstić information content (AvgIpc) is 3.09. The van der Waals surface area contributed by atoms with Crippen LogP contribution in [0.3, 0.4) is 0 Å². The lowest BCUT2D eigenvalue weighted by molar-refractivity contribution is 0.262. The summed E-state index contributed by atoms with van der Waals surface area (Å²) in [4.78, 5) is 17.0. The van der Waals surface area contributed by atoms with Gasteiger partial charge in [0.2, 0.25) is 0 Å². The summed E-state index contributed by atoms with van der Waals surface area (Å²) in [6.45, 7) is 0. The maximum Gasteiger partial charge on any atom is 0.323 e. The number of halogens is 2. The lowest BCUT2D eigenvalue weighted by Gasteiger charge is -2.11. The summed E-state index contributed by atoms with van der Waals surface area (Å²) in [7, 11) is 0. The van der Waals surface area contributed by atoms with E-state index in [-0.39, 0.29) is 6.03 Å². The van der Waals surface area contributed by atoms with E-state index in [0.29, 0.717) is 21.4 Å². The van der Waals surface area contributed by atoms with Gasteiger partial charge in [0.25, 0.3) is 0 Å². The van der Waals surface area contributed by atoms with E-state index in [1.54, 1.807) is 18.2 Å². The van der Waals surface area contributed by atoms with Gasteiger partial charge in [0.05, 0.1) is 21.4 Å². The molecule has 2 amide bonds. The van der Waals surface area contributed by atoms with Gasteiger partial charge in [-0.15, -0.1) is 0 Å². The summed E-state index contributed by atoms with van der Waals surface area (Å²) in [6.07, 6.45) is 3.85. The Hall–Kier alpha value is -3.02. The predicted octanol–water partition coefficient (Wildman–Crippen LogP) is 5.95. The van der Waals surface area contributed by atoms with Gasteiger partial charge in [-0.05, 0) is 36.4 Å². The third kappa shape index (κ3) is 3.74. The number of hydrogen-bond donors (Lipinski definition) is 2. The molecule has 0 saturated heterocycles. The van der Waals surface area contributed by atoms with Gasteiger partial charge in [0.1, 0.15) is 5.65 Å². The fourth-order valence-corrected chi connectivity index (χ4v) is 3.04. The molecule has 2 heterocycles. The van der Waals surface area contributed by atoms with Gasteiger partial charge in [0.15, 0.2) is 0 Å². The number of anilines is 2. The van der Waals surface area contributed by atoms with Gasteiger partial charge in [-0.3, -0.25) is 0 Å². The number of para-hydroxylation sites is 1. The number of nitrogens with zero attached hydrogens (tertiary/aromatic N) is 2. The van der Waals surface area contributed by atoms with Crippen LogP contribution in [0.2, 0.25) is 10.0 Å². The number of nitrogens with one attached hydrogen (secondary N) is 2. The molecular weight excluding hydrogens is 383 g/mol. The quantitative estimate of drug-likeness (QED) is 0.449. The van der Waals surface area contributed by atoms with Crippen molar-refractivity contribution in [1.29, 1.82) is 0 Å². The number of urea groups is 1. The summed E-state index contributed by atoms with van der Waals surface area (Å²) in [6, 6.07) is 17.8. The smallest absolute Gasteiger partial charge is 0.308 e. The highest BCUT2D eigenvalue weighted by molar-refractivity contribution is 6.42. The van der Waals surface area contributed by atoms with E-state index < -0.39 is 0 Å². The molecule has 0 aliphatic carbocycles. The SMILES string of the molecule is O=C(Nc1ccc(Cl)c(Cl)c1)Nc1ccccc1-c1cn2ccccc2n1. The Labute approximate surface area is 165 Å². The molecule has 4 rings (SSSR count). The van der Waals surface area contributed by atoms with Gasteiger partial charge in [-0.2, -0.15) is 0 Å². The number of amides is 2. The molecule has 2 aromatic carbocycles. The molecule has 0 spiro atoms. The van der Waals surface area contributed by atoms with Crippen molar-refractivity contribution in [2.24, 2.45) is 0 Å². The van der Waals surface area contributed by atoms with Crippen LogP contribution < -0.4 is 10.6 Å². The zero-order valence-corrected chi connectivity index (χ0v) is 15.5. The van der Waals surface area contributed by atoms with Crippen molar-refractivity contribution < 1.29 is 4.79 Å². The second-order valence-corrected chi connectivity index (χ2v) is 6.66. The second kappa shape index (κ2) is 7.31. The molecule has 0 aliphatic rings. The van der Waals surface area contributed by atoms with E-state index in [9.17, 15) is 4.79 Å². The predicted molar refractivity (Wildman–Crippen MR) is 110 cm³/mol. The molecular formula is C20H14Cl2N4O. The van der Waals surface area contributed by atoms with Gasteiger partial charge >= 0.3 is 6.03 Å². The molecule has 2 aromatic heterocycles. The molecule has 0 unspecified atom stereocenters. The Morgan fingerprint density at radius 2 is 1.74 bits per heavy atom. The number of pyridine rings is 1. The summed E-state index contributed by atoms with van der Waals surface area (Å²) in [5, 5.41) is 6.41. The Morgan fingerprint density at radius 3 is 2.56 bits per heavy atom. The number of rotatable bonds is 3. The molecule has 27 heavy (non-hydrogen) atoms. The summed E-state index contributed by atoms with van der Waals surface area (Å²) in [5.74, 6) is 0. The van der Waals surface area contributed by atoms with Gasteiger partial charge in [-0.1, -0.05) is 47.5 Å². The van der Waals surface area contributed by atoms with Crippen molar-refractivity contribution in [2.75, 3.05) is 10.6 Å². The first-order chi connectivity index (χ1) is 13.1. The molecule has 0 saturated carbocycles. The van der Waals surface area contributed by atoms with Gasteiger partial charge in [0, 0.05) is 23.6 Å². The number of benzene rings is 2. The molecule has 2 N–H and O–H groups in total. The third-order valence-corrected chi connectivity index (χ3v) is 4.73. The van der Waals surface area contributed by atoms with E-state index in [2.05, 4.69) is 15.6 Å². The molecule has 0 fully saturated rings. The van der Waals surface area contributed by atoms with Crippen molar-refractivity contribution in [3.8, 4) is 11.3 Å². The highest BCUT2D eigenvalue weighted by atomic mass is 35.5. The Morgan fingerprint density at radius 1 is 0.926 bits per heavy atom. The highest BCUT2D eigenvalue weighted by Crippen LogP contribution is 2.28. The van der Waals surface area contributed by atoms with Crippen LogP contribution in [0, 0.1) is 0 Å². The van der Waals surface area contributed by atoms with Crippen molar-refractivity contribution >= 4 is 46.3 Å². The summed E-state index contributed by atoms with van der Waals surface area (Å²) in [5.41, 5.74) is 3.63. The van der Waals surface area contributed by atoms with Gasteiger partial charge < -0.3 is 15.0 Å². The Kier molecular flexibility index (Phi) is 4.71. The largest absolute Gasteiger partial charge is 0.323 e. The number of carbonyl (C=O) groups excluding carboxylic acids is 1. The van der Waals surface area contributed by atoms with Crippen molar-refractivity contribution in [1.82, 2.24) is 9.38 Å². The minimum Gasteiger partial charge on any atom is -0.308 e. The summed E-state index contributed by atoms with van der Waals surface area (Å²) >= 11 is 11.9. The van der Waals surface area contributed by atoms with Crippen LogP contribution in [-0.4, -0.2) is 15.4 Å². The number of hydrogen-bond acceptors (Lipinski definition) is 2. The van der Waals surface area contributed by atoms with Crippen LogP contribution in [0.15, 0.2) is 73.1 Å². The first-order valence-corrected chi connectivity index (χ1v) is 8.92. The first-order valence-electron chi connectivity index (χ1n) is 8.16. The zero-order valence-electron chi connectivity index (χ0n) is 14.0. The lowest BCUT2D eigenvalue weighted by atomic mass is 10.1. The molecule has 4 aromatic rings. The molecule has 5 nitrogen and oxygen atoms in total. The standard InChI is InChI=1S/C20H14Cl2N4O/c21-15-9-8-13(11-16(15)22)23-20(27)25-17-6-2-1-5-14(17)18-12-26-10-4-3-7-19(26)24-18/h1-12H,(H2,23,25,27). The maximum atomic E-state index is 12.4. The normalized spacial score (nSPS) is 10.7.